The number of nitrogens with zero attached hydrogens (tertiary/aromatic N) is 2. The third-order valence-corrected chi connectivity index (χ3v) is 4.29. The van der Waals surface area contributed by atoms with E-state index in [9.17, 15) is 4.79 Å². The van der Waals surface area contributed by atoms with Crippen molar-refractivity contribution in [2.24, 2.45) is 5.10 Å². The van der Waals surface area contributed by atoms with E-state index in [-0.39, 0.29) is 5.91 Å². The highest BCUT2D eigenvalue weighted by Crippen LogP contribution is 2.22. The zero-order valence-electron chi connectivity index (χ0n) is 14.4. The first-order valence-corrected chi connectivity index (χ1v) is 8.65. The highest BCUT2D eigenvalue weighted by Gasteiger charge is 2.12. The van der Waals surface area contributed by atoms with Crippen molar-refractivity contribution >= 4 is 29.4 Å². The van der Waals surface area contributed by atoms with Gasteiger partial charge in [0, 0.05) is 23.8 Å². The van der Waals surface area contributed by atoms with Gasteiger partial charge in [-0.2, -0.15) is 5.10 Å². The van der Waals surface area contributed by atoms with Gasteiger partial charge in [-0.05, 0) is 35.9 Å². The lowest BCUT2D eigenvalue weighted by atomic mass is 10.2. The standard InChI is InChI=1S/C19H20ClN3O3/c1-25-18-7-4-15(20)12-17(18)19(24)22-21-13-14-2-5-16(6-3-14)23-8-10-26-11-9-23/h2-7,12-13H,8-11H2,1H3,(H,22,24)/b21-13-. The van der Waals surface area contributed by atoms with Gasteiger partial charge in [0.05, 0.1) is 32.1 Å². The third-order valence-electron chi connectivity index (χ3n) is 4.06. The molecule has 0 saturated carbocycles. The topological polar surface area (TPSA) is 63.2 Å². The van der Waals surface area contributed by atoms with Crippen molar-refractivity contribution < 1.29 is 14.3 Å². The summed E-state index contributed by atoms with van der Waals surface area (Å²) in [5, 5.41) is 4.47. The summed E-state index contributed by atoms with van der Waals surface area (Å²) in [5.74, 6) is 0.0579. The quantitative estimate of drug-likeness (QED) is 0.646. The summed E-state index contributed by atoms with van der Waals surface area (Å²) < 4.78 is 10.5. The third kappa shape index (κ3) is 4.53. The summed E-state index contributed by atoms with van der Waals surface area (Å²) in [4.78, 5) is 14.5. The lowest BCUT2D eigenvalue weighted by molar-refractivity contribution is 0.0952. The Hall–Kier alpha value is -2.57. The fraction of sp³-hybridized carbons (Fsp3) is 0.263. The molecular weight excluding hydrogens is 354 g/mol. The number of hydrogen-bond acceptors (Lipinski definition) is 5. The summed E-state index contributed by atoms with van der Waals surface area (Å²) in [6.45, 7) is 3.29. The van der Waals surface area contributed by atoms with E-state index in [1.807, 2.05) is 24.3 Å². The van der Waals surface area contributed by atoms with Crippen LogP contribution in [-0.2, 0) is 4.74 Å². The summed E-state index contributed by atoms with van der Waals surface area (Å²) in [5.41, 5.74) is 4.87. The molecule has 136 valence electrons. The first-order valence-electron chi connectivity index (χ1n) is 8.27. The molecule has 0 unspecified atom stereocenters. The van der Waals surface area contributed by atoms with Gasteiger partial charge in [-0.15, -0.1) is 0 Å². The number of hydrazone groups is 1. The first-order chi connectivity index (χ1) is 12.7. The first kappa shape index (κ1) is 18.2. The fourth-order valence-corrected chi connectivity index (χ4v) is 2.85. The van der Waals surface area contributed by atoms with Crippen LogP contribution in [0.4, 0.5) is 5.69 Å². The van der Waals surface area contributed by atoms with Crippen molar-refractivity contribution in [2.75, 3.05) is 38.3 Å². The van der Waals surface area contributed by atoms with Gasteiger partial charge < -0.3 is 14.4 Å². The number of hydrogen-bond donors (Lipinski definition) is 1. The molecule has 0 atom stereocenters. The molecule has 2 aromatic rings. The molecule has 0 aromatic heterocycles. The Morgan fingerprint density at radius 1 is 1.23 bits per heavy atom. The van der Waals surface area contributed by atoms with Crippen molar-refractivity contribution in [3.05, 3.63) is 58.6 Å². The number of ether oxygens (including phenoxy) is 2. The molecule has 6 nitrogen and oxygen atoms in total. The number of benzene rings is 2. The Labute approximate surface area is 157 Å². The molecule has 1 fully saturated rings. The van der Waals surface area contributed by atoms with E-state index < -0.39 is 0 Å². The Morgan fingerprint density at radius 3 is 2.65 bits per heavy atom. The SMILES string of the molecule is COc1ccc(Cl)cc1C(=O)N/N=C\c1ccc(N2CCOCC2)cc1. The molecule has 1 heterocycles. The molecular formula is C19H20ClN3O3. The Kier molecular flexibility index (Phi) is 6.09. The molecule has 1 aliphatic heterocycles. The van der Waals surface area contributed by atoms with Gasteiger partial charge in [-0.3, -0.25) is 4.79 Å². The van der Waals surface area contributed by atoms with Crippen LogP contribution in [0.2, 0.25) is 5.02 Å². The molecule has 1 amide bonds. The van der Waals surface area contributed by atoms with E-state index in [4.69, 9.17) is 21.1 Å². The van der Waals surface area contributed by atoms with Gasteiger partial charge in [0.1, 0.15) is 5.75 Å². The van der Waals surface area contributed by atoms with E-state index in [1.165, 1.54) is 7.11 Å². The van der Waals surface area contributed by atoms with Crippen molar-refractivity contribution in [1.29, 1.82) is 0 Å². The molecule has 7 heteroatoms. The van der Waals surface area contributed by atoms with Gasteiger partial charge in [0.15, 0.2) is 0 Å². The Balaban J connectivity index is 1.61. The average Bonchev–Trinajstić information content (AvgIpc) is 2.69. The van der Waals surface area contributed by atoms with Crippen LogP contribution in [0, 0.1) is 0 Å². The summed E-state index contributed by atoms with van der Waals surface area (Å²) in [7, 11) is 1.50. The Bertz CT molecular complexity index is 787. The van der Waals surface area contributed by atoms with Crippen molar-refractivity contribution in [3.63, 3.8) is 0 Å². The second-order valence-electron chi connectivity index (χ2n) is 5.73. The normalized spacial score (nSPS) is 14.5. The number of morpholine rings is 1. The van der Waals surface area contributed by atoms with E-state index in [0.717, 1.165) is 37.6 Å². The van der Waals surface area contributed by atoms with Crippen LogP contribution in [-0.4, -0.2) is 45.5 Å². The molecule has 3 rings (SSSR count). The van der Waals surface area contributed by atoms with Crippen LogP contribution in [0.3, 0.4) is 0 Å². The number of carbonyl (C=O) groups is 1. The minimum absolute atomic E-state index is 0.333. The van der Waals surface area contributed by atoms with Crippen LogP contribution in [0.25, 0.3) is 0 Å². The predicted molar refractivity (Wildman–Crippen MR) is 103 cm³/mol. The molecule has 2 aromatic carbocycles. The van der Waals surface area contributed by atoms with Crippen LogP contribution >= 0.6 is 11.6 Å². The molecule has 0 aliphatic carbocycles. The number of anilines is 1. The predicted octanol–water partition coefficient (Wildman–Crippen LogP) is 2.95. The minimum atomic E-state index is -0.384. The number of carbonyl (C=O) groups excluding carboxylic acids is 1. The number of rotatable bonds is 5. The van der Waals surface area contributed by atoms with Crippen LogP contribution < -0.4 is 15.1 Å². The van der Waals surface area contributed by atoms with Crippen LogP contribution in [0.5, 0.6) is 5.75 Å². The lowest BCUT2D eigenvalue weighted by Crippen LogP contribution is -2.36. The van der Waals surface area contributed by atoms with Gasteiger partial charge in [0.2, 0.25) is 0 Å². The fourth-order valence-electron chi connectivity index (χ4n) is 2.68. The van der Waals surface area contributed by atoms with E-state index in [0.29, 0.717) is 16.3 Å². The second kappa shape index (κ2) is 8.69. The maximum Gasteiger partial charge on any atom is 0.275 e. The Morgan fingerprint density at radius 2 is 1.96 bits per heavy atom. The zero-order valence-corrected chi connectivity index (χ0v) is 15.2. The van der Waals surface area contributed by atoms with E-state index in [1.54, 1.807) is 24.4 Å². The minimum Gasteiger partial charge on any atom is -0.496 e. The summed E-state index contributed by atoms with van der Waals surface area (Å²) in [6, 6.07) is 12.8. The monoisotopic (exact) mass is 373 g/mol. The zero-order chi connectivity index (χ0) is 18.4. The van der Waals surface area contributed by atoms with Crippen molar-refractivity contribution in [2.45, 2.75) is 0 Å². The molecule has 0 radical (unpaired) electrons. The number of halogens is 1. The van der Waals surface area contributed by atoms with Crippen molar-refractivity contribution in [1.82, 2.24) is 5.43 Å². The van der Waals surface area contributed by atoms with E-state index in [2.05, 4.69) is 15.4 Å². The maximum absolute atomic E-state index is 12.2. The summed E-state index contributed by atoms with van der Waals surface area (Å²) in [6.07, 6.45) is 1.60. The molecule has 26 heavy (non-hydrogen) atoms. The van der Waals surface area contributed by atoms with Crippen LogP contribution in [0.1, 0.15) is 15.9 Å². The highest BCUT2D eigenvalue weighted by molar-refractivity contribution is 6.31. The number of methoxy groups -OCH3 is 1. The largest absolute Gasteiger partial charge is 0.496 e. The molecule has 1 aliphatic rings. The second-order valence-corrected chi connectivity index (χ2v) is 6.17. The highest BCUT2D eigenvalue weighted by atomic mass is 35.5. The van der Waals surface area contributed by atoms with Gasteiger partial charge in [0.25, 0.3) is 5.91 Å². The number of nitrogens with one attached hydrogen (secondary N) is 1. The molecule has 1 N–H and O–H groups in total. The molecule has 1 saturated heterocycles. The van der Waals surface area contributed by atoms with E-state index >= 15 is 0 Å². The molecule has 0 bridgehead atoms. The lowest BCUT2D eigenvalue weighted by Gasteiger charge is -2.28. The molecule has 0 spiro atoms. The summed E-state index contributed by atoms with van der Waals surface area (Å²) >= 11 is 5.94. The smallest absolute Gasteiger partial charge is 0.275 e. The van der Waals surface area contributed by atoms with Crippen LogP contribution in [0.15, 0.2) is 47.6 Å². The van der Waals surface area contributed by atoms with Gasteiger partial charge >= 0.3 is 0 Å². The average molecular weight is 374 g/mol. The maximum atomic E-state index is 12.2. The van der Waals surface area contributed by atoms with Gasteiger partial charge in [-0.25, -0.2) is 5.43 Å². The number of amides is 1. The van der Waals surface area contributed by atoms with Crippen molar-refractivity contribution in [3.8, 4) is 5.75 Å². The van der Waals surface area contributed by atoms with Gasteiger partial charge in [-0.1, -0.05) is 23.7 Å².